The number of rotatable bonds is 6. The molecule has 0 aromatic heterocycles. The second kappa shape index (κ2) is 9.07. The molecule has 0 fully saturated rings. The second-order valence-electron chi connectivity index (χ2n) is 2.59. The van der Waals surface area contributed by atoms with E-state index < -0.39 is 12.2 Å². The van der Waals surface area contributed by atoms with Crippen LogP contribution >= 0.6 is 0 Å². The van der Waals surface area contributed by atoms with Crippen molar-refractivity contribution in [2.45, 2.75) is 0 Å². The first kappa shape index (κ1) is 13.5. The zero-order valence-electron chi connectivity index (χ0n) is 8.96. The second-order valence-corrected chi connectivity index (χ2v) is 2.59. The summed E-state index contributed by atoms with van der Waals surface area (Å²) in [7, 11) is 2.62. The van der Waals surface area contributed by atoms with Gasteiger partial charge in [0.05, 0.1) is 14.2 Å². The highest BCUT2D eigenvalue weighted by atomic mass is 16.5. The summed E-state index contributed by atoms with van der Waals surface area (Å²) < 4.78 is 8.75. The van der Waals surface area contributed by atoms with Gasteiger partial charge in [-0.25, -0.2) is 9.59 Å². The molecule has 0 rings (SSSR count). The van der Waals surface area contributed by atoms with Gasteiger partial charge in [-0.05, 0) is 0 Å². The lowest BCUT2D eigenvalue weighted by atomic mass is 10.5. The molecular weight excluding hydrogens is 202 g/mol. The van der Waals surface area contributed by atoms with Crippen molar-refractivity contribution in [1.29, 1.82) is 0 Å². The van der Waals surface area contributed by atoms with E-state index in [0.717, 1.165) is 0 Å². The molecule has 0 radical (unpaired) electrons. The van der Waals surface area contributed by atoms with Crippen molar-refractivity contribution in [3.05, 3.63) is 0 Å². The van der Waals surface area contributed by atoms with Crippen molar-refractivity contribution in [3.8, 4) is 0 Å². The number of amides is 2. The quantitative estimate of drug-likeness (QED) is 0.513. The van der Waals surface area contributed by atoms with E-state index >= 15 is 0 Å². The Kier molecular flexibility index (Phi) is 8.16. The molecule has 0 saturated heterocycles. The summed E-state index contributed by atoms with van der Waals surface area (Å²) in [4.78, 5) is 21.2. The number of carbonyl (C=O) groups excluding carboxylic acids is 2. The number of ether oxygens (including phenoxy) is 2. The van der Waals surface area contributed by atoms with Crippen LogP contribution < -0.4 is 16.0 Å². The maximum absolute atomic E-state index is 10.6. The van der Waals surface area contributed by atoms with E-state index in [4.69, 9.17) is 0 Å². The van der Waals surface area contributed by atoms with Gasteiger partial charge in [-0.2, -0.15) is 0 Å². The summed E-state index contributed by atoms with van der Waals surface area (Å²) in [6.07, 6.45) is -0.908. The van der Waals surface area contributed by atoms with Crippen molar-refractivity contribution >= 4 is 12.2 Å². The summed E-state index contributed by atoms with van der Waals surface area (Å²) in [6.45, 7) is 2.17. The van der Waals surface area contributed by atoms with E-state index in [1.807, 2.05) is 0 Å². The van der Waals surface area contributed by atoms with Crippen LogP contribution in [0.5, 0.6) is 0 Å². The standard InChI is InChI=1S/C8H17N3O4/c1-14-7(12)10-5-3-9-4-6-11-8(13)15-2/h9H,3-6H2,1-2H3,(H,10,12)(H,11,13). The van der Waals surface area contributed by atoms with E-state index in [2.05, 4.69) is 25.4 Å². The van der Waals surface area contributed by atoms with E-state index in [9.17, 15) is 9.59 Å². The Hall–Kier alpha value is -1.50. The van der Waals surface area contributed by atoms with E-state index in [0.29, 0.717) is 26.2 Å². The summed E-state index contributed by atoms with van der Waals surface area (Å²) in [5.41, 5.74) is 0. The van der Waals surface area contributed by atoms with Gasteiger partial charge >= 0.3 is 12.2 Å². The molecule has 2 amide bonds. The monoisotopic (exact) mass is 219 g/mol. The number of hydrogen-bond acceptors (Lipinski definition) is 5. The minimum absolute atomic E-state index is 0.454. The average molecular weight is 219 g/mol. The molecule has 0 aliphatic rings. The maximum Gasteiger partial charge on any atom is 0.406 e. The number of alkyl carbamates (subject to hydrolysis) is 2. The highest BCUT2D eigenvalue weighted by Crippen LogP contribution is 1.70. The normalized spacial score (nSPS) is 9.20. The molecule has 0 atom stereocenters. The van der Waals surface area contributed by atoms with Gasteiger partial charge in [-0.3, -0.25) is 0 Å². The molecule has 0 heterocycles. The summed E-state index contributed by atoms with van der Waals surface area (Å²) in [5.74, 6) is 0. The van der Waals surface area contributed by atoms with Gasteiger partial charge in [0.1, 0.15) is 0 Å². The molecule has 0 unspecified atom stereocenters. The molecule has 0 spiro atoms. The Morgan fingerprint density at radius 2 is 1.27 bits per heavy atom. The molecule has 0 saturated carbocycles. The number of nitrogens with one attached hydrogen (secondary N) is 3. The molecule has 88 valence electrons. The van der Waals surface area contributed by atoms with Gasteiger partial charge in [-0.15, -0.1) is 0 Å². The fourth-order valence-electron chi connectivity index (χ4n) is 0.775. The van der Waals surface area contributed by atoms with Crippen molar-refractivity contribution in [3.63, 3.8) is 0 Å². The van der Waals surface area contributed by atoms with Crippen LogP contribution in [0.2, 0.25) is 0 Å². The van der Waals surface area contributed by atoms with Crippen molar-refractivity contribution in [2.75, 3.05) is 40.4 Å². The van der Waals surface area contributed by atoms with Crippen LogP contribution in [0.1, 0.15) is 0 Å². The number of carbonyl (C=O) groups is 2. The fraction of sp³-hybridized carbons (Fsp3) is 0.750. The Balaban J connectivity index is 3.11. The van der Waals surface area contributed by atoms with Gasteiger partial charge in [0.2, 0.25) is 0 Å². The van der Waals surface area contributed by atoms with E-state index in [1.54, 1.807) is 0 Å². The minimum Gasteiger partial charge on any atom is -0.453 e. The highest BCUT2D eigenvalue weighted by molar-refractivity contribution is 5.67. The SMILES string of the molecule is COC(=O)NCCNCCNC(=O)OC. The molecule has 0 aliphatic carbocycles. The molecule has 15 heavy (non-hydrogen) atoms. The summed E-state index contributed by atoms with van der Waals surface area (Å²) in [6, 6.07) is 0. The van der Waals surface area contributed by atoms with Crippen molar-refractivity contribution in [2.24, 2.45) is 0 Å². The summed E-state index contributed by atoms with van der Waals surface area (Å²) in [5, 5.41) is 8.02. The lowest BCUT2D eigenvalue weighted by Gasteiger charge is -2.06. The molecule has 0 aliphatic heterocycles. The third-order valence-corrected chi connectivity index (χ3v) is 1.51. The van der Waals surface area contributed by atoms with Gasteiger partial charge in [-0.1, -0.05) is 0 Å². The lowest BCUT2D eigenvalue weighted by Crippen LogP contribution is -2.36. The van der Waals surface area contributed by atoms with Gasteiger partial charge in [0.25, 0.3) is 0 Å². The van der Waals surface area contributed by atoms with Crippen molar-refractivity contribution in [1.82, 2.24) is 16.0 Å². The Bertz CT molecular complexity index is 178. The number of methoxy groups -OCH3 is 2. The third-order valence-electron chi connectivity index (χ3n) is 1.51. The molecule has 0 bridgehead atoms. The van der Waals surface area contributed by atoms with Gasteiger partial charge in [0, 0.05) is 26.2 Å². The van der Waals surface area contributed by atoms with E-state index in [-0.39, 0.29) is 0 Å². The first-order chi connectivity index (χ1) is 7.20. The Morgan fingerprint density at radius 3 is 1.60 bits per heavy atom. The van der Waals surface area contributed by atoms with Crippen molar-refractivity contribution < 1.29 is 19.1 Å². The smallest absolute Gasteiger partial charge is 0.406 e. The maximum atomic E-state index is 10.6. The largest absolute Gasteiger partial charge is 0.453 e. The van der Waals surface area contributed by atoms with Gasteiger partial charge in [0.15, 0.2) is 0 Å². The average Bonchev–Trinajstić information content (AvgIpc) is 2.26. The predicted molar refractivity (Wildman–Crippen MR) is 53.7 cm³/mol. The third kappa shape index (κ3) is 8.82. The molecule has 7 nitrogen and oxygen atoms in total. The summed E-state index contributed by atoms with van der Waals surface area (Å²) >= 11 is 0. The first-order valence-electron chi connectivity index (χ1n) is 4.55. The van der Waals surface area contributed by atoms with Crippen LogP contribution in [0.4, 0.5) is 9.59 Å². The predicted octanol–water partition coefficient (Wildman–Crippen LogP) is -0.712. The molecule has 7 heteroatoms. The number of hydrogen-bond donors (Lipinski definition) is 3. The topological polar surface area (TPSA) is 88.7 Å². The minimum atomic E-state index is -0.454. The Labute approximate surface area is 88.5 Å². The van der Waals surface area contributed by atoms with Crippen LogP contribution in [0.25, 0.3) is 0 Å². The Morgan fingerprint density at radius 1 is 0.867 bits per heavy atom. The van der Waals surface area contributed by atoms with Crippen LogP contribution in [0.15, 0.2) is 0 Å². The van der Waals surface area contributed by atoms with Crippen LogP contribution in [-0.2, 0) is 9.47 Å². The zero-order chi connectivity index (χ0) is 11.5. The fourth-order valence-corrected chi connectivity index (χ4v) is 0.775. The molecule has 0 aromatic rings. The first-order valence-corrected chi connectivity index (χ1v) is 4.55. The van der Waals surface area contributed by atoms with Crippen LogP contribution in [0, 0.1) is 0 Å². The molecule has 3 N–H and O–H groups in total. The lowest BCUT2D eigenvalue weighted by molar-refractivity contribution is 0.171. The van der Waals surface area contributed by atoms with Crippen LogP contribution in [0.3, 0.4) is 0 Å². The van der Waals surface area contributed by atoms with Gasteiger partial charge < -0.3 is 25.4 Å². The molecular formula is C8H17N3O4. The molecule has 0 aromatic carbocycles. The zero-order valence-corrected chi connectivity index (χ0v) is 8.96. The van der Waals surface area contributed by atoms with Crippen LogP contribution in [-0.4, -0.2) is 52.6 Å². The highest BCUT2D eigenvalue weighted by Gasteiger charge is 1.97. The van der Waals surface area contributed by atoms with E-state index in [1.165, 1.54) is 14.2 Å².